The summed E-state index contributed by atoms with van der Waals surface area (Å²) in [6.45, 7) is 5.40. The van der Waals surface area contributed by atoms with Crippen LogP contribution in [0.15, 0.2) is 12.2 Å². The number of hydrogen-bond acceptors (Lipinski definition) is 4. The van der Waals surface area contributed by atoms with E-state index in [2.05, 4.69) is 13.8 Å². The fourth-order valence-corrected chi connectivity index (χ4v) is 5.52. The van der Waals surface area contributed by atoms with Gasteiger partial charge < -0.3 is 9.47 Å². The number of carbonyl (C=O) groups is 2. The first kappa shape index (κ1) is 40.7. The van der Waals surface area contributed by atoms with Crippen LogP contribution in [-0.2, 0) is 19.1 Å². The number of rotatable bonds is 34. The Morgan fingerprint density at radius 1 is 0.333 bits per heavy atom. The molecule has 0 heterocycles. The third-order valence-corrected chi connectivity index (χ3v) is 8.34. The SMILES string of the molecule is CCCCCCCCCCCCCCCCCOC(=O)/C=C\C(=O)OCCCCCCCCCCCCCCCCC. The summed E-state index contributed by atoms with van der Waals surface area (Å²) in [5.41, 5.74) is 0. The van der Waals surface area contributed by atoms with Gasteiger partial charge in [0.05, 0.1) is 13.2 Å². The molecule has 0 amide bonds. The van der Waals surface area contributed by atoms with Gasteiger partial charge in [-0.15, -0.1) is 0 Å². The zero-order chi connectivity index (χ0) is 30.6. The van der Waals surface area contributed by atoms with Gasteiger partial charge in [0, 0.05) is 12.2 Å². The quantitative estimate of drug-likeness (QED) is 0.0423. The molecule has 0 aromatic heterocycles. The van der Waals surface area contributed by atoms with E-state index in [-0.39, 0.29) is 0 Å². The Balaban J connectivity index is 3.33. The van der Waals surface area contributed by atoms with Crippen molar-refractivity contribution < 1.29 is 19.1 Å². The third kappa shape index (κ3) is 34.9. The summed E-state index contributed by atoms with van der Waals surface area (Å²) in [6, 6.07) is 0. The second kappa shape index (κ2) is 35.9. The molecule has 0 bridgehead atoms. The van der Waals surface area contributed by atoms with E-state index in [1.807, 2.05) is 0 Å². The molecule has 4 heteroatoms. The lowest BCUT2D eigenvalue weighted by atomic mass is 10.0. The standard InChI is InChI=1S/C38H72O4/c1-3-5-7-9-11-13-15-17-19-21-23-25-27-29-31-35-41-37(39)33-34-38(40)42-36-32-30-28-26-24-22-20-18-16-14-12-10-8-6-4-2/h33-34H,3-32,35-36H2,1-2H3/b34-33-. The van der Waals surface area contributed by atoms with Gasteiger partial charge in [-0.2, -0.15) is 0 Å². The summed E-state index contributed by atoms with van der Waals surface area (Å²) >= 11 is 0. The number of ether oxygens (including phenoxy) is 2. The average Bonchev–Trinajstić information content (AvgIpc) is 2.99. The van der Waals surface area contributed by atoms with E-state index in [9.17, 15) is 9.59 Å². The molecule has 0 atom stereocenters. The number of carbonyl (C=O) groups excluding carboxylic acids is 2. The van der Waals surface area contributed by atoms with Crippen molar-refractivity contribution in [3.8, 4) is 0 Å². The summed E-state index contributed by atoms with van der Waals surface area (Å²) in [7, 11) is 0. The molecule has 0 N–H and O–H groups in total. The molecular formula is C38H72O4. The summed E-state index contributed by atoms with van der Waals surface area (Å²) < 4.78 is 10.4. The van der Waals surface area contributed by atoms with Gasteiger partial charge in [0.1, 0.15) is 0 Å². The van der Waals surface area contributed by atoms with Gasteiger partial charge in [0.2, 0.25) is 0 Å². The van der Waals surface area contributed by atoms with E-state index >= 15 is 0 Å². The van der Waals surface area contributed by atoms with Crippen LogP contribution in [0.1, 0.15) is 206 Å². The first-order valence-electron chi connectivity index (χ1n) is 18.7. The van der Waals surface area contributed by atoms with Crippen molar-refractivity contribution in [2.45, 2.75) is 206 Å². The van der Waals surface area contributed by atoms with Crippen LogP contribution in [0.3, 0.4) is 0 Å². The predicted octanol–water partition coefficient (Wildman–Crippen LogP) is 12.4. The normalized spacial score (nSPS) is 11.4. The Morgan fingerprint density at radius 3 is 0.738 bits per heavy atom. The molecule has 42 heavy (non-hydrogen) atoms. The van der Waals surface area contributed by atoms with Crippen molar-refractivity contribution in [1.29, 1.82) is 0 Å². The van der Waals surface area contributed by atoms with Crippen molar-refractivity contribution in [3.63, 3.8) is 0 Å². The maximum atomic E-state index is 11.8. The number of hydrogen-bond donors (Lipinski definition) is 0. The van der Waals surface area contributed by atoms with E-state index in [0.717, 1.165) is 25.7 Å². The zero-order valence-corrected chi connectivity index (χ0v) is 28.4. The van der Waals surface area contributed by atoms with Crippen LogP contribution in [0, 0.1) is 0 Å². The molecule has 0 aromatic carbocycles. The van der Waals surface area contributed by atoms with Crippen LogP contribution in [0.2, 0.25) is 0 Å². The third-order valence-electron chi connectivity index (χ3n) is 8.34. The molecule has 0 aliphatic rings. The summed E-state index contributed by atoms with van der Waals surface area (Å²) in [4.78, 5) is 23.6. The van der Waals surface area contributed by atoms with Crippen molar-refractivity contribution in [1.82, 2.24) is 0 Å². The monoisotopic (exact) mass is 593 g/mol. The Hall–Kier alpha value is -1.32. The molecule has 248 valence electrons. The molecule has 0 rings (SSSR count). The smallest absolute Gasteiger partial charge is 0.331 e. The van der Waals surface area contributed by atoms with Gasteiger partial charge in [-0.3, -0.25) is 0 Å². The Bertz CT molecular complexity index is 536. The number of esters is 2. The highest BCUT2D eigenvalue weighted by Crippen LogP contribution is 2.15. The fourth-order valence-electron chi connectivity index (χ4n) is 5.52. The largest absolute Gasteiger partial charge is 0.463 e. The Morgan fingerprint density at radius 2 is 0.524 bits per heavy atom. The highest BCUT2D eigenvalue weighted by atomic mass is 16.5. The van der Waals surface area contributed by atoms with Crippen LogP contribution in [0.5, 0.6) is 0 Å². The first-order valence-corrected chi connectivity index (χ1v) is 18.7. The topological polar surface area (TPSA) is 52.6 Å². The zero-order valence-electron chi connectivity index (χ0n) is 28.4. The lowest BCUT2D eigenvalue weighted by molar-refractivity contribution is -0.140. The lowest BCUT2D eigenvalue weighted by Crippen LogP contribution is -2.06. The van der Waals surface area contributed by atoms with Crippen LogP contribution in [0.4, 0.5) is 0 Å². The summed E-state index contributed by atoms with van der Waals surface area (Å²) in [5, 5.41) is 0. The maximum absolute atomic E-state index is 11.8. The van der Waals surface area contributed by atoms with Gasteiger partial charge in [0.25, 0.3) is 0 Å². The molecular weight excluding hydrogens is 520 g/mol. The van der Waals surface area contributed by atoms with Gasteiger partial charge in [-0.05, 0) is 12.8 Å². The Labute approximate surface area is 262 Å². The summed E-state index contributed by atoms with van der Waals surface area (Å²) in [5.74, 6) is -0.909. The van der Waals surface area contributed by atoms with Crippen LogP contribution in [-0.4, -0.2) is 25.2 Å². The van der Waals surface area contributed by atoms with Gasteiger partial charge >= 0.3 is 11.9 Å². The van der Waals surface area contributed by atoms with E-state index < -0.39 is 11.9 Å². The molecule has 0 aromatic rings. The molecule has 0 fully saturated rings. The fraction of sp³-hybridized carbons (Fsp3) is 0.895. The molecule has 0 radical (unpaired) electrons. The highest BCUT2D eigenvalue weighted by Gasteiger charge is 2.02. The number of unbranched alkanes of at least 4 members (excludes halogenated alkanes) is 28. The second-order valence-corrected chi connectivity index (χ2v) is 12.6. The molecule has 4 nitrogen and oxygen atoms in total. The molecule has 0 saturated carbocycles. The second-order valence-electron chi connectivity index (χ2n) is 12.6. The van der Waals surface area contributed by atoms with Gasteiger partial charge in [0.15, 0.2) is 0 Å². The van der Waals surface area contributed by atoms with E-state index in [4.69, 9.17) is 9.47 Å². The lowest BCUT2D eigenvalue weighted by Gasteiger charge is -2.04. The minimum absolute atomic E-state index is 0.426. The van der Waals surface area contributed by atoms with Gasteiger partial charge in [-0.1, -0.05) is 194 Å². The van der Waals surface area contributed by atoms with Crippen LogP contribution in [0.25, 0.3) is 0 Å². The first-order chi connectivity index (χ1) is 20.7. The molecule has 0 aliphatic carbocycles. The van der Waals surface area contributed by atoms with Gasteiger partial charge in [-0.25, -0.2) is 9.59 Å². The molecule has 0 saturated heterocycles. The minimum Gasteiger partial charge on any atom is -0.463 e. The van der Waals surface area contributed by atoms with Crippen molar-refractivity contribution in [3.05, 3.63) is 12.2 Å². The van der Waals surface area contributed by atoms with Crippen LogP contribution >= 0.6 is 0 Å². The highest BCUT2D eigenvalue weighted by molar-refractivity contribution is 5.91. The van der Waals surface area contributed by atoms with Crippen LogP contribution < -0.4 is 0 Å². The molecule has 0 aliphatic heterocycles. The van der Waals surface area contributed by atoms with Crippen molar-refractivity contribution in [2.24, 2.45) is 0 Å². The Kier molecular flexibility index (Phi) is 34.7. The van der Waals surface area contributed by atoms with Crippen molar-refractivity contribution >= 4 is 11.9 Å². The van der Waals surface area contributed by atoms with E-state index in [1.165, 1.54) is 179 Å². The van der Waals surface area contributed by atoms with Crippen molar-refractivity contribution in [2.75, 3.05) is 13.2 Å². The van der Waals surface area contributed by atoms with E-state index in [0.29, 0.717) is 13.2 Å². The molecule has 0 unspecified atom stereocenters. The predicted molar refractivity (Wildman–Crippen MR) is 181 cm³/mol. The van der Waals surface area contributed by atoms with E-state index in [1.54, 1.807) is 0 Å². The average molecular weight is 593 g/mol. The summed E-state index contributed by atoms with van der Waals surface area (Å²) in [6.07, 6.45) is 41.8. The molecule has 0 spiro atoms. The maximum Gasteiger partial charge on any atom is 0.331 e. The minimum atomic E-state index is -0.454.